The van der Waals surface area contributed by atoms with E-state index in [9.17, 15) is 4.39 Å². The molecule has 3 heterocycles. The van der Waals surface area contributed by atoms with Crippen molar-refractivity contribution in [2.45, 2.75) is 32.7 Å². The minimum Gasteiger partial charge on any atom is -0.353 e. The summed E-state index contributed by atoms with van der Waals surface area (Å²) in [5.74, 6) is 1.50. The van der Waals surface area contributed by atoms with Crippen molar-refractivity contribution in [1.82, 2.24) is 24.7 Å². The van der Waals surface area contributed by atoms with Crippen molar-refractivity contribution in [1.29, 1.82) is 0 Å². The molecular formula is C20H24ClFN6. The molecule has 0 bridgehead atoms. The van der Waals surface area contributed by atoms with Crippen LogP contribution in [-0.4, -0.2) is 50.9 Å². The zero-order chi connectivity index (χ0) is 19.9. The van der Waals surface area contributed by atoms with E-state index >= 15 is 0 Å². The molecule has 1 aromatic carbocycles. The van der Waals surface area contributed by atoms with Crippen molar-refractivity contribution in [3.63, 3.8) is 0 Å². The van der Waals surface area contributed by atoms with Crippen LogP contribution in [-0.2, 0) is 12.0 Å². The molecule has 0 N–H and O–H groups in total. The maximum atomic E-state index is 14.1. The van der Waals surface area contributed by atoms with Crippen molar-refractivity contribution < 1.29 is 4.39 Å². The summed E-state index contributed by atoms with van der Waals surface area (Å²) in [4.78, 5) is 4.46. The summed E-state index contributed by atoms with van der Waals surface area (Å²) in [6.07, 6.45) is 0. The van der Waals surface area contributed by atoms with Gasteiger partial charge < -0.3 is 4.90 Å². The molecule has 3 aromatic rings. The van der Waals surface area contributed by atoms with E-state index in [4.69, 9.17) is 16.7 Å². The summed E-state index contributed by atoms with van der Waals surface area (Å²) in [6, 6.07) is 8.78. The normalized spacial score (nSPS) is 16.1. The third-order valence-electron chi connectivity index (χ3n) is 5.06. The lowest BCUT2D eigenvalue weighted by Gasteiger charge is -2.35. The smallest absolute Gasteiger partial charge is 0.178 e. The van der Waals surface area contributed by atoms with Gasteiger partial charge in [-0.25, -0.2) is 4.39 Å². The van der Waals surface area contributed by atoms with Crippen LogP contribution in [0.5, 0.6) is 0 Å². The number of hydrogen-bond acceptors (Lipinski definition) is 5. The summed E-state index contributed by atoms with van der Waals surface area (Å²) in [6.45, 7) is 10.1. The van der Waals surface area contributed by atoms with Gasteiger partial charge in [0.15, 0.2) is 11.5 Å². The Hall–Kier alpha value is -2.25. The molecule has 6 nitrogen and oxygen atoms in total. The van der Waals surface area contributed by atoms with Gasteiger partial charge in [0.2, 0.25) is 0 Å². The van der Waals surface area contributed by atoms with Crippen LogP contribution in [0.3, 0.4) is 0 Å². The van der Waals surface area contributed by atoms with Gasteiger partial charge in [-0.15, -0.1) is 15.3 Å². The standard InChI is InChI=1S/C20H24ClFN6/c1-20(2,3)19-24-23-17-7-8-18(25-28(17)19)27-11-9-26(10-12-27)13-14-15(21)5-4-6-16(14)22/h4-8H,9-13H2,1-3H3. The van der Waals surface area contributed by atoms with Gasteiger partial charge in [0.1, 0.15) is 11.6 Å². The van der Waals surface area contributed by atoms with Crippen molar-refractivity contribution in [2.24, 2.45) is 0 Å². The first-order chi connectivity index (χ1) is 13.3. The molecule has 0 atom stereocenters. The van der Waals surface area contributed by atoms with Crippen molar-refractivity contribution in [2.75, 3.05) is 31.1 Å². The van der Waals surface area contributed by atoms with E-state index in [1.54, 1.807) is 12.1 Å². The van der Waals surface area contributed by atoms with Gasteiger partial charge in [-0.1, -0.05) is 38.4 Å². The molecule has 0 saturated carbocycles. The Morgan fingerprint density at radius 1 is 1.04 bits per heavy atom. The highest BCUT2D eigenvalue weighted by Crippen LogP contribution is 2.24. The van der Waals surface area contributed by atoms with Gasteiger partial charge in [0.25, 0.3) is 0 Å². The maximum absolute atomic E-state index is 14.1. The molecule has 148 valence electrons. The number of fused-ring (bicyclic) bond motifs is 1. The molecule has 8 heteroatoms. The van der Waals surface area contributed by atoms with E-state index in [-0.39, 0.29) is 11.2 Å². The third-order valence-corrected chi connectivity index (χ3v) is 5.41. The van der Waals surface area contributed by atoms with Crippen LogP contribution >= 0.6 is 11.6 Å². The van der Waals surface area contributed by atoms with Crippen LogP contribution in [0.2, 0.25) is 5.02 Å². The summed E-state index contributed by atoms with van der Waals surface area (Å²) >= 11 is 6.17. The van der Waals surface area contributed by atoms with Crippen LogP contribution in [0.25, 0.3) is 5.65 Å². The van der Waals surface area contributed by atoms with Crippen LogP contribution in [0.1, 0.15) is 32.2 Å². The average Bonchev–Trinajstić information content (AvgIpc) is 3.09. The highest BCUT2D eigenvalue weighted by molar-refractivity contribution is 6.31. The van der Waals surface area contributed by atoms with E-state index in [0.29, 0.717) is 17.1 Å². The fourth-order valence-corrected chi connectivity index (χ4v) is 3.68. The Kier molecular flexibility index (Phi) is 4.97. The summed E-state index contributed by atoms with van der Waals surface area (Å²) in [5, 5.41) is 13.8. The Labute approximate surface area is 168 Å². The van der Waals surface area contributed by atoms with Crippen molar-refractivity contribution in [3.05, 3.63) is 52.6 Å². The number of anilines is 1. The second-order valence-electron chi connectivity index (χ2n) is 8.20. The minimum atomic E-state index is -0.246. The largest absolute Gasteiger partial charge is 0.353 e. The first kappa shape index (κ1) is 19.1. The monoisotopic (exact) mass is 402 g/mol. The van der Waals surface area contributed by atoms with E-state index < -0.39 is 0 Å². The number of benzene rings is 1. The average molecular weight is 403 g/mol. The number of nitrogens with zero attached hydrogens (tertiary/aromatic N) is 6. The fourth-order valence-electron chi connectivity index (χ4n) is 3.46. The summed E-state index contributed by atoms with van der Waals surface area (Å²) in [7, 11) is 0. The molecule has 0 unspecified atom stereocenters. The third kappa shape index (κ3) is 3.69. The van der Waals surface area contributed by atoms with Gasteiger partial charge in [-0.3, -0.25) is 4.90 Å². The first-order valence-electron chi connectivity index (χ1n) is 9.46. The Morgan fingerprint density at radius 3 is 2.46 bits per heavy atom. The first-order valence-corrected chi connectivity index (χ1v) is 9.84. The van der Waals surface area contributed by atoms with Crippen LogP contribution < -0.4 is 4.90 Å². The number of halogens is 2. The zero-order valence-corrected chi connectivity index (χ0v) is 17.1. The van der Waals surface area contributed by atoms with Gasteiger partial charge >= 0.3 is 0 Å². The Balaban J connectivity index is 1.48. The molecular weight excluding hydrogens is 379 g/mol. The second-order valence-corrected chi connectivity index (χ2v) is 8.61. The summed E-state index contributed by atoms with van der Waals surface area (Å²) < 4.78 is 15.9. The van der Waals surface area contributed by atoms with Crippen LogP contribution in [0.15, 0.2) is 30.3 Å². The predicted octanol–water partition coefficient (Wildman–Crippen LogP) is 3.54. The van der Waals surface area contributed by atoms with Gasteiger partial charge in [-0.2, -0.15) is 4.52 Å². The molecule has 0 spiro atoms. The number of hydrogen-bond donors (Lipinski definition) is 0. The predicted molar refractivity (Wildman–Crippen MR) is 108 cm³/mol. The molecule has 28 heavy (non-hydrogen) atoms. The van der Waals surface area contributed by atoms with Gasteiger partial charge in [0.05, 0.1) is 0 Å². The van der Waals surface area contributed by atoms with E-state index in [0.717, 1.165) is 43.5 Å². The van der Waals surface area contributed by atoms with Crippen LogP contribution in [0, 0.1) is 5.82 Å². The topological polar surface area (TPSA) is 49.6 Å². The Bertz CT molecular complexity index is 968. The maximum Gasteiger partial charge on any atom is 0.178 e. The molecule has 0 radical (unpaired) electrons. The minimum absolute atomic E-state index is 0.136. The van der Waals surface area contributed by atoms with E-state index in [1.165, 1.54) is 6.07 Å². The molecule has 1 aliphatic rings. The zero-order valence-electron chi connectivity index (χ0n) is 16.4. The van der Waals surface area contributed by atoms with Gasteiger partial charge in [0, 0.05) is 48.7 Å². The fraction of sp³-hybridized carbons (Fsp3) is 0.450. The number of aromatic nitrogens is 4. The Morgan fingerprint density at radius 2 is 1.79 bits per heavy atom. The molecule has 0 aliphatic carbocycles. The SMILES string of the molecule is CC(C)(C)c1nnc2ccc(N3CCN(Cc4c(F)cccc4Cl)CC3)nn12. The van der Waals surface area contributed by atoms with Crippen molar-refractivity contribution in [3.8, 4) is 0 Å². The van der Waals surface area contributed by atoms with Crippen molar-refractivity contribution >= 4 is 23.1 Å². The molecule has 2 aromatic heterocycles. The lowest BCUT2D eigenvalue weighted by molar-refractivity contribution is 0.246. The lowest BCUT2D eigenvalue weighted by atomic mass is 9.96. The quantitative estimate of drug-likeness (QED) is 0.670. The van der Waals surface area contributed by atoms with E-state index in [1.807, 2.05) is 16.6 Å². The number of piperazine rings is 1. The summed E-state index contributed by atoms with van der Waals surface area (Å²) in [5.41, 5.74) is 1.18. The lowest BCUT2D eigenvalue weighted by Crippen LogP contribution is -2.46. The van der Waals surface area contributed by atoms with E-state index in [2.05, 4.69) is 40.8 Å². The highest BCUT2D eigenvalue weighted by Gasteiger charge is 2.24. The molecule has 1 aliphatic heterocycles. The molecule has 0 amide bonds. The molecule has 4 rings (SSSR count). The van der Waals surface area contributed by atoms with Crippen LogP contribution in [0.4, 0.5) is 10.2 Å². The number of rotatable bonds is 3. The second kappa shape index (κ2) is 7.29. The highest BCUT2D eigenvalue weighted by atomic mass is 35.5. The molecule has 1 fully saturated rings. The molecule has 1 saturated heterocycles. The van der Waals surface area contributed by atoms with Gasteiger partial charge in [-0.05, 0) is 24.3 Å².